The van der Waals surface area contributed by atoms with Gasteiger partial charge in [-0.1, -0.05) is 59.6 Å². The summed E-state index contributed by atoms with van der Waals surface area (Å²) in [6.07, 6.45) is 2.97. The van der Waals surface area contributed by atoms with Gasteiger partial charge < -0.3 is 25.0 Å². The molecule has 2 heterocycles. The molecule has 5 rings (SSSR count). The number of amides is 2. The number of carbonyl (C=O) groups excluding carboxylic acids is 2. The number of halogens is 2. The van der Waals surface area contributed by atoms with E-state index in [0.29, 0.717) is 53.0 Å². The van der Waals surface area contributed by atoms with E-state index < -0.39 is 5.41 Å². The van der Waals surface area contributed by atoms with Crippen LogP contribution in [0, 0.1) is 0 Å². The number of carbonyl (C=O) groups is 2. The monoisotopic (exact) mass is 609 g/mol. The number of benzene rings is 3. The van der Waals surface area contributed by atoms with Gasteiger partial charge in [0.25, 0.3) is 5.91 Å². The van der Waals surface area contributed by atoms with Gasteiger partial charge in [-0.15, -0.1) is 0 Å². The standard InChI is InChI=1S/C33H37Cl2N3O4/c1-41-26-18-23(19-27(21-26)42-2)30(39)38-17-11-32(22-38,25-8-9-28(34)29(35)20-25)10-14-37-15-12-33(13-16-37,31(36)40)24-6-4-3-5-7-24/h3-9,18-21H,10-17,22H2,1-2H3,(H2,36,40). The van der Waals surface area contributed by atoms with Gasteiger partial charge in [-0.25, -0.2) is 0 Å². The number of likely N-dealkylation sites (tertiary alicyclic amines) is 2. The zero-order valence-corrected chi connectivity index (χ0v) is 25.6. The number of methoxy groups -OCH3 is 2. The number of piperidine rings is 1. The first kappa shape index (κ1) is 30.2. The summed E-state index contributed by atoms with van der Waals surface area (Å²) in [4.78, 5) is 30.7. The molecule has 2 fully saturated rings. The van der Waals surface area contributed by atoms with Crippen LogP contribution in [-0.2, 0) is 15.6 Å². The summed E-state index contributed by atoms with van der Waals surface area (Å²) in [5.74, 6) is 0.807. The molecule has 0 aromatic heterocycles. The number of nitrogens with zero attached hydrogens (tertiary/aromatic N) is 2. The number of ether oxygens (including phenoxy) is 2. The first-order valence-corrected chi connectivity index (χ1v) is 15.0. The van der Waals surface area contributed by atoms with Crippen LogP contribution in [0.15, 0.2) is 66.7 Å². The van der Waals surface area contributed by atoms with Crippen LogP contribution in [0.1, 0.15) is 47.2 Å². The fourth-order valence-electron chi connectivity index (χ4n) is 6.53. The SMILES string of the molecule is COc1cc(OC)cc(C(=O)N2CCC(CCN3CCC(C(N)=O)(c4ccccc4)CC3)(c3ccc(Cl)c(Cl)c3)C2)c1. The van der Waals surface area contributed by atoms with Crippen molar-refractivity contribution in [3.8, 4) is 11.5 Å². The number of hydrogen-bond donors (Lipinski definition) is 1. The highest BCUT2D eigenvalue weighted by Crippen LogP contribution is 2.42. The molecule has 2 N–H and O–H groups in total. The van der Waals surface area contributed by atoms with Gasteiger partial charge in [0.15, 0.2) is 0 Å². The summed E-state index contributed by atoms with van der Waals surface area (Å²) in [5.41, 5.74) is 7.61. The Morgan fingerprint density at radius 3 is 2.10 bits per heavy atom. The lowest BCUT2D eigenvalue weighted by atomic mass is 9.71. The molecule has 0 saturated carbocycles. The average molecular weight is 611 g/mol. The zero-order chi connectivity index (χ0) is 29.9. The third-order valence-electron chi connectivity index (χ3n) is 9.19. The predicted octanol–water partition coefficient (Wildman–Crippen LogP) is 5.70. The summed E-state index contributed by atoms with van der Waals surface area (Å²) < 4.78 is 10.8. The summed E-state index contributed by atoms with van der Waals surface area (Å²) in [5, 5.41) is 1.01. The first-order chi connectivity index (χ1) is 20.2. The Morgan fingerprint density at radius 1 is 0.833 bits per heavy atom. The van der Waals surface area contributed by atoms with Crippen molar-refractivity contribution in [2.75, 3.05) is 46.9 Å². The second kappa shape index (κ2) is 12.5. The van der Waals surface area contributed by atoms with Crippen molar-refractivity contribution in [2.45, 2.75) is 36.5 Å². The number of rotatable bonds is 9. The van der Waals surface area contributed by atoms with Crippen LogP contribution in [-0.4, -0.2) is 68.6 Å². The fraction of sp³-hybridized carbons (Fsp3) is 0.394. The van der Waals surface area contributed by atoms with Gasteiger partial charge in [0, 0.05) is 30.1 Å². The maximum Gasteiger partial charge on any atom is 0.254 e. The van der Waals surface area contributed by atoms with E-state index in [4.69, 9.17) is 38.4 Å². The summed E-state index contributed by atoms with van der Waals surface area (Å²) in [7, 11) is 3.14. The molecule has 0 bridgehead atoms. The van der Waals surface area contributed by atoms with Crippen molar-refractivity contribution in [2.24, 2.45) is 5.73 Å². The molecule has 2 aliphatic rings. The summed E-state index contributed by atoms with van der Waals surface area (Å²) >= 11 is 12.8. The van der Waals surface area contributed by atoms with Gasteiger partial charge in [-0.05, 0) is 80.7 Å². The van der Waals surface area contributed by atoms with Gasteiger partial charge in [0.05, 0.1) is 29.7 Å². The molecule has 0 aliphatic carbocycles. The minimum Gasteiger partial charge on any atom is -0.497 e. The van der Waals surface area contributed by atoms with E-state index in [-0.39, 0.29) is 17.2 Å². The minimum atomic E-state index is -0.645. The average Bonchev–Trinajstić information content (AvgIpc) is 3.46. The Hall–Kier alpha value is -3.26. The quantitative estimate of drug-likeness (QED) is 0.336. The molecule has 7 nitrogen and oxygen atoms in total. The molecule has 3 aromatic rings. The van der Waals surface area contributed by atoms with E-state index in [2.05, 4.69) is 4.90 Å². The van der Waals surface area contributed by atoms with Crippen LogP contribution in [0.25, 0.3) is 0 Å². The van der Waals surface area contributed by atoms with Gasteiger partial charge in [0.2, 0.25) is 5.91 Å². The van der Waals surface area contributed by atoms with Crippen LogP contribution in [0.3, 0.4) is 0 Å². The molecule has 42 heavy (non-hydrogen) atoms. The van der Waals surface area contributed by atoms with Crippen LogP contribution >= 0.6 is 23.2 Å². The van der Waals surface area contributed by atoms with E-state index in [1.807, 2.05) is 53.4 Å². The lowest BCUT2D eigenvalue weighted by Gasteiger charge is -2.41. The highest BCUT2D eigenvalue weighted by Gasteiger charge is 2.44. The molecule has 1 atom stereocenters. The maximum atomic E-state index is 13.7. The largest absolute Gasteiger partial charge is 0.497 e. The van der Waals surface area contributed by atoms with E-state index in [9.17, 15) is 9.59 Å². The second-order valence-corrected chi connectivity index (χ2v) is 12.2. The Bertz CT molecular complexity index is 1420. The molecule has 2 saturated heterocycles. The molecule has 0 radical (unpaired) electrons. The Balaban J connectivity index is 1.35. The van der Waals surface area contributed by atoms with E-state index in [0.717, 1.165) is 43.6 Å². The first-order valence-electron chi connectivity index (χ1n) is 14.3. The number of hydrogen-bond acceptors (Lipinski definition) is 5. The Kier molecular flexibility index (Phi) is 9.02. The Labute approximate surface area is 257 Å². The van der Waals surface area contributed by atoms with Crippen LogP contribution in [0.4, 0.5) is 0 Å². The molecule has 0 spiro atoms. The highest BCUT2D eigenvalue weighted by atomic mass is 35.5. The van der Waals surface area contributed by atoms with E-state index in [1.54, 1.807) is 32.4 Å². The van der Waals surface area contributed by atoms with Crippen molar-refractivity contribution >= 4 is 35.0 Å². The normalized spacial score (nSPS) is 20.3. The molecule has 2 aliphatic heterocycles. The molecule has 2 amide bonds. The maximum absolute atomic E-state index is 13.7. The van der Waals surface area contributed by atoms with Crippen molar-refractivity contribution in [3.63, 3.8) is 0 Å². The lowest BCUT2D eigenvalue weighted by molar-refractivity contribution is -0.125. The Morgan fingerprint density at radius 2 is 1.50 bits per heavy atom. The molecular formula is C33H37Cl2N3O4. The van der Waals surface area contributed by atoms with E-state index >= 15 is 0 Å². The van der Waals surface area contributed by atoms with Gasteiger partial charge in [-0.3, -0.25) is 9.59 Å². The summed E-state index contributed by atoms with van der Waals surface area (Å²) in [6, 6.07) is 20.9. The fourth-order valence-corrected chi connectivity index (χ4v) is 6.83. The van der Waals surface area contributed by atoms with E-state index in [1.165, 1.54) is 0 Å². The smallest absolute Gasteiger partial charge is 0.254 e. The predicted molar refractivity (Wildman–Crippen MR) is 166 cm³/mol. The molecule has 3 aromatic carbocycles. The van der Waals surface area contributed by atoms with Crippen molar-refractivity contribution in [1.29, 1.82) is 0 Å². The minimum absolute atomic E-state index is 0.0683. The third-order valence-corrected chi connectivity index (χ3v) is 9.92. The molecule has 222 valence electrons. The van der Waals surface area contributed by atoms with Gasteiger partial charge in [-0.2, -0.15) is 0 Å². The van der Waals surface area contributed by atoms with Gasteiger partial charge >= 0.3 is 0 Å². The lowest BCUT2D eigenvalue weighted by Crippen LogP contribution is -2.50. The van der Waals surface area contributed by atoms with Gasteiger partial charge in [0.1, 0.15) is 11.5 Å². The molecular weight excluding hydrogens is 573 g/mol. The van der Waals surface area contributed by atoms with Crippen LogP contribution < -0.4 is 15.2 Å². The van der Waals surface area contributed by atoms with Crippen LogP contribution in [0.5, 0.6) is 11.5 Å². The topological polar surface area (TPSA) is 85.1 Å². The summed E-state index contributed by atoms with van der Waals surface area (Å²) in [6.45, 7) is 3.51. The number of primary amides is 1. The van der Waals surface area contributed by atoms with Crippen molar-refractivity contribution in [1.82, 2.24) is 9.80 Å². The van der Waals surface area contributed by atoms with Crippen LogP contribution in [0.2, 0.25) is 10.0 Å². The zero-order valence-electron chi connectivity index (χ0n) is 24.1. The molecule has 1 unspecified atom stereocenters. The highest BCUT2D eigenvalue weighted by molar-refractivity contribution is 6.42. The molecule has 9 heteroatoms. The third kappa shape index (κ3) is 5.96. The van der Waals surface area contributed by atoms with Crippen molar-refractivity contribution in [3.05, 3.63) is 93.5 Å². The van der Waals surface area contributed by atoms with Crippen molar-refractivity contribution < 1.29 is 19.1 Å². The number of nitrogens with two attached hydrogens (primary N) is 1. The second-order valence-electron chi connectivity index (χ2n) is 11.4.